The minimum Gasteiger partial charge on any atom is -0.393 e. The molecule has 0 aromatic rings. The number of fused-ring (bicyclic) bond motifs is 5. The van der Waals surface area contributed by atoms with Gasteiger partial charge in [0.2, 0.25) is 0 Å². The maximum Gasteiger partial charge on any atom is 0.139 e. The van der Waals surface area contributed by atoms with Crippen LogP contribution in [-0.4, -0.2) is 17.0 Å². The molecule has 0 amide bonds. The van der Waals surface area contributed by atoms with Gasteiger partial charge in [0.15, 0.2) is 0 Å². The molecule has 4 aliphatic rings. The third-order valence-electron chi connectivity index (χ3n) is 8.75. The Kier molecular flexibility index (Phi) is 3.58. The first-order chi connectivity index (χ1) is 10.9. The summed E-state index contributed by atoms with van der Waals surface area (Å²) in [6.45, 7) is 8.92. The molecule has 1 N–H and O–H groups in total. The number of allylic oxidation sites excluding steroid dienone is 1. The molecule has 0 bridgehead atoms. The van der Waals surface area contributed by atoms with E-state index in [0.717, 1.165) is 38.0 Å². The maximum atomic E-state index is 12.5. The fraction of sp³-hybridized carbons (Fsp3) is 0.857. The van der Waals surface area contributed by atoms with Crippen molar-refractivity contribution >= 4 is 5.78 Å². The Morgan fingerprint density at radius 2 is 1.91 bits per heavy atom. The molecule has 0 radical (unpaired) electrons. The first-order valence-electron chi connectivity index (χ1n) is 9.74. The molecule has 0 spiro atoms. The number of aliphatic hydroxyl groups is 1. The van der Waals surface area contributed by atoms with Crippen molar-refractivity contribution in [3.05, 3.63) is 12.7 Å². The summed E-state index contributed by atoms with van der Waals surface area (Å²) in [5.74, 6) is 3.64. The van der Waals surface area contributed by atoms with Crippen LogP contribution in [0.15, 0.2) is 12.7 Å². The van der Waals surface area contributed by atoms with Gasteiger partial charge >= 0.3 is 0 Å². The van der Waals surface area contributed by atoms with E-state index in [4.69, 9.17) is 0 Å². The topological polar surface area (TPSA) is 37.3 Å². The van der Waals surface area contributed by atoms with Gasteiger partial charge in [-0.3, -0.25) is 4.79 Å². The van der Waals surface area contributed by atoms with E-state index in [-0.39, 0.29) is 11.5 Å². The Balaban J connectivity index is 1.72. The minimum absolute atomic E-state index is 0.0557. The molecule has 2 heteroatoms. The number of carbonyl (C=O) groups excluding carboxylic acids is 1. The lowest BCUT2D eigenvalue weighted by molar-refractivity contribution is -0.149. The molecule has 8 atom stereocenters. The van der Waals surface area contributed by atoms with Crippen molar-refractivity contribution in [2.45, 2.75) is 71.3 Å². The Morgan fingerprint density at radius 3 is 2.65 bits per heavy atom. The molecule has 2 nitrogen and oxygen atoms in total. The monoisotopic (exact) mass is 316 g/mol. The molecular weight excluding hydrogens is 284 g/mol. The van der Waals surface area contributed by atoms with Crippen molar-refractivity contribution in [2.75, 3.05) is 0 Å². The highest BCUT2D eigenvalue weighted by molar-refractivity contribution is 5.87. The van der Waals surface area contributed by atoms with Gasteiger partial charge in [0.1, 0.15) is 5.78 Å². The number of aliphatic hydroxyl groups excluding tert-OH is 1. The van der Waals surface area contributed by atoms with Crippen molar-refractivity contribution < 1.29 is 9.90 Å². The van der Waals surface area contributed by atoms with Crippen LogP contribution in [0.1, 0.15) is 65.2 Å². The number of Topliss-reactive ketones (excluding diaryl/α,β-unsaturated/α-hetero) is 1. The summed E-state index contributed by atoms with van der Waals surface area (Å²) in [5.41, 5.74) is 0.316. The summed E-state index contributed by atoms with van der Waals surface area (Å²) in [6, 6.07) is 0. The molecule has 3 unspecified atom stereocenters. The normalized spacial score (nSPS) is 55.7. The van der Waals surface area contributed by atoms with Crippen LogP contribution in [0.4, 0.5) is 0 Å². The highest BCUT2D eigenvalue weighted by Gasteiger charge is 2.62. The fourth-order valence-electron chi connectivity index (χ4n) is 7.32. The van der Waals surface area contributed by atoms with E-state index >= 15 is 0 Å². The molecule has 0 aromatic carbocycles. The number of carbonyl (C=O) groups is 1. The number of ketones is 1. The SMILES string of the molecule is C=CC1CC2CC(O)CC[C@]2(C)[C@@H]2CC[C@]3(C)C(=O)CC[C@H]3[C@H]12. The first kappa shape index (κ1) is 15.9. The molecule has 4 rings (SSSR count). The third kappa shape index (κ3) is 2.06. The van der Waals surface area contributed by atoms with Crippen molar-refractivity contribution in [1.82, 2.24) is 0 Å². The summed E-state index contributed by atoms with van der Waals surface area (Å²) >= 11 is 0. The number of hydrogen-bond donors (Lipinski definition) is 1. The van der Waals surface area contributed by atoms with Gasteiger partial charge in [-0.2, -0.15) is 0 Å². The van der Waals surface area contributed by atoms with Crippen LogP contribution in [0.3, 0.4) is 0 Å². The van der Waals surface area contributed by atoms with Crippen LogP contribution in [0.5, 0.6) is 0 Å². The number of hydrogen-bond acceptors (Lipinski definition) is 2. The van der Waals surface area contributed by atoms with Gasteiger partial charge in [-0.1, -0.05) is 19.9 Å². The Morgan fingerprint density at radius 1 is 1.13 bits per heavy atom. The summed E-state index contributed by atoms with van der Waals surface area (Å²) in [5, 5.41) is 10.2. The van der Waals surface area contributed by atoms with Gasteiger partial charge in [0.25, 0.3) is 0 Å². The summed E-state index contributed by atoms with van der Waals surface area (Å²) in [4.78, 5) is 12.5. The van der Waals surface area contributed by atoms with Gasteiger partial charge < -0.3 is 5.11 Å². The van der Waals surface area contributed by atoms with Crippen molar-refractivity contribution in [2.24, 2.45) is 40.4 Å². The lowest BCUT2D eigenvalue weighted by Gasteiger charge is -2.62. The summed E-state index contributed by atoms with van der Waals surface area (Å²) in [7, 11) is 0. The van der Waals surface area contributed by atoms with Crippen LogP contribution in [0.2, 0.25) is 0 Å². The van der Waals surface area contributed by atoms with Crippen LogP contribution < -0.4 is 0 Å². The van der Waals surface area contributed by atoms with E-state index in [1.807, 2.05) is 0 Å². The summed E-state index contributed by atoms with van der Waals surface area (Å²) in [6.07, 6.45) is 10.6. The fourth-order valence-corrected chi connectivity index (χ4v) is 7.32. The quantitative estimate of drug-likeness (QED) is 0.729. The zero-order chi connectivity index (χ0) is 16.4. The van der Waals surface area contributed by atoms with Crippen LogP contribution in [-0.2, 0) is 4.79 Å². The maximum absolute atomic E-state index is 12.5. The smallest absolute Gasteiger partial charge is 0.139 e. The molecule has 4 saturated carbocycles. The zero-order valence-corrected chi connectivity index (χ0v) is 14.8. The predicted molar refractivity (Wildman–Crippen MR) is 91.8 cm³/mol. The number of rotatable bonds is 1. The molecule has 4 aliphatic carbocycles. The van der Waals surface area contributed by atoms with Crippen molar-refractivity contribution in [3.63, 3.8) is 0 Å². The van der Waals surface area contributed by atoms with Crippen molar-refractivity contribution in [3.8, 4) is 0 Å². The van der Waals surface area contributed by atoms with Gasteiger partial charge in [-0.05, 0) is 80.0 Å². The van der Waals surface area contributed by atoms with Crippen LogP contribution in [0, 0.1) is 40.4 Å². The van der Waals surface area contributed by atoms with E-state index in [2.05, 4.69) is 26.5 Å². The second-order valence-electron chi connectivity index (χ2n) is 9.47. The van der Waals surface area contributed by atoms with Crippen molar-refractivity contribution in [1.29, 1.82) is 0 Å². The standard InChI is InChI=1S/C21H32O2/c1-4-13-11-14-12-15(22)7-9-20(14,2)17-8-10-21(3)16(19(13)17)5-6-18(21)23/h4,13-17,19,22H,1,5-12H2,2-3H3/t13?,14?,15?,16-,17+,19-,20-,21-/m0/s1. The predicted octanol–water partition coefficient (Wildman–Crippen LogP) is 4.37. The van der Waals surface area contributed by atoms with Crippen LogP contribution >= 0.6 is 0 Å². The Bertz CT molecular complexity index is 526. The van der Waals surface area contributed by atoms with Gasteiger partial charge in [0, 0.05) is 11.8 Å². The van der Waals surface area contributed by atoms with Crippen LogP contribution in [0.25, 0.3) is 0 Å². The average Bonchev–Trinajstić information content (AvgIpc) is 2.83. The second-order valence-corrected chi connectivity index (χ2v) is 9.47. The molecule has 0 saturated heterocycles. The highest BCUT2D eigenvalue weighted by atomic mass is 16.3. The average molecular weight is 316 g/mol. The van der Waals surface area contributed by atoms with E-state index < -0.39 is 0 Å². The van der Waals surface area contributed by atoms with E-state index in [0.29, 0.717) is 34.9 Å². The van der Waals surface area contributed by atoms with Gasteiger partial charge in [-0.25, -0.2) is 0 Å². The van der Waals surface area contributed by atoms with E-state index in [9.17, 15) is 9.90 Å². The van der Waals surface area contributed by atoms with E-state index in [1.54, 1.807) is 0 Å². The molecular formula is C21H32O2. The molecule has 23 heavy (non-hydrogen) atoms. The molecule has 0 aromatic heterocycles. The molecule has 0 heterocycles. The third-order valence-corrected chi connectivity index (χ3v) is 8.75. The molecule has 0 aliphatic heterocycles. The zero-order valence-electron chi connectivity index (χ0n) is 14.8. The highest BCUT2D eigenvalue weighted by Crippen LogP contribution is 2.66. The van der Waals surface area contributed by atoms with E-state index in [1.165, 1.54) is 19.3 Å². The lowest BCUT2D eigenvalue weighted by atomic mass is 9.43. The minimum atomic E-state index is -0.1000. The summed E-state index contributed by atoms with van der Waals surface area (Å²) < 4.78 is 0. The second kappa shape index (κ2) is 5.18. The molecule has 128 valence electrons. The first-order valence-corrected chi connectivity index (χ1v) is 9.74. The lowest BCUT2D eigenvalue weighted by Crippen LogP contribution is -2.56. The largest absolute Gasteiger partial charge is 0.393 e. The Labute approximate surface area is 140 Å². The van der Waals surface area contributed by atoms with Gasteiger partial charge in [0.05, 0.1) is 6.10 Å². The molecule has 4 fully saturated rings. The van der Waals surface area contributed by atoms with Gasteiger partial charge in [-0.15, -0.1) is 6.58 Å². The Hall–Kier alpha value is -0.630.